The van der Waals surface area contributed by atoms with Crippen LogP contribution >= 0.6 is 22.6 Å². The van der Waals surface area contributed by atoms with Crippen LogP contribution in [-0.4, -0.2) is 12.5 Å². The third-order valence-corrected chi connectivity index (χ3v) is 4.14. The standard InChI is InChI=1S/C15H13IN2O/c16-12-3-1-2-4-14(12)18-15(19)11-5-6-13-10(9-11)7-8-17-13/h1-6,9,17H,7-8H2,(H,18,19). The normalized spacial score (nSPS) is 12.7. The number of nitrogens with one attached hydrogen (secondary N) is 2. The van der Waals surface area contributed by atoms with E-state index in [1.54, 1.807) is 0 Å². The van der Waals surface area contributed by atoms with Gasteiger partial charge in [-0.1, -0.05) is 12.1 Å². The molecule has 96 valence electrons. The highest BCUT2D eigenvalue weighted by atomic mass is 127. The zero-order chi connectivity index (χ0) is 13.2. The molecule has 3 rings (SSSR count). The second-order valence-electron chi connectivity index (χ2n) is 4.48. The number of halogens is 1. The average Bonchev–Trinajstić information content (AvgIpc) is 2.88. The summed E-state index contributed by atoms with van der Waals surface area (Å²) < 4.78 is 1.04. The Morgan fingerprint density at radius 1 is 1.21 bits per heavy atom. The third-order valence-electron chi connectivity index (χ3n) is 3.20. The predicted octanol–water partition coefficient (Wildman–Crippen LogP) is 3.51. The molecule has 0 spiro atoms. The summed E-state index contributed by atoms with van der Waals surface area (Å²) in [6.07, 6.45) is 0.985. The number of amides is 1. The lowest BCUT2D eigenvalue weighted by molar-refractivity contribution is 0.102. The van der Waals surface area contributed by atoms with Gasteiger partial charge in [-0.3, -0.25) is 4.79 Å². The van der Waals surface area contributed by atoms with Crippen LogP contribution in [0.3, 0.4) is 0 Å². The maximum Gasteiger partial charge on any atom is 0.255 e. The van der Waals surface area contributed by atoms with Gasteiger partial charge >= 0.3 is 0 Å². The van der Waals surface area contributed by atoms with Gasteiger partial charge in [-0.25, -0.2) is 0 Å². The van der Waals surface area contributed by atoms with Crippen LogP contribution in [0, 0.1) is 3.57 Å². The molecule has 2 N–H and O–H groups in total. The summed E-state index contributed by atoms with van der Waals surface area (Å²) in [5.41, 5.74) is 3.93. The Morgan fingerprint density at radius 2 is 2.05 bits per heavy atom. The Bertz CT molecular complexity index is 640. The number of benzene rings is 2. The van der Waals surface area contributed by atoms with Crippen LogP contribution in [0.1, 0.15) is 15.9 Å². The Labute approximate surface area is 125 Å². The number of carbonyl (C=O) groups excluding carboxylic acids is 1. The van der Waals surface area contributed by atoms with E-state index in [-0.39, 0.29) is 5.91 Å². The first-order valence-electron chi connectivity index (χ1n) is 6.17. The minimum absolute atomic E-state index is 0.0567. The highest BCUT2D eigenvalue weighted by molar-refractivity contribution is 14.1. The average molecular weight is 364 g/mol. The van der Waals surface area contributed by atoms with Gasteiger partial charge in [0.1, 0.15) is 0 Å². The lowest BCUT2D eigenvalue weighted by atomic mass is 10.1. The topological polar surface area (TPSA) is 41.1 Å². The molecule has 0 atom stereocenters. The third kappa shape index (κ3) is 2.58. The van der Waals surface area contributed by atoms with Crippen molar-refractivity contribution in [2.24, 2.45) is 0 Å². The molecule has 1 aliphatic heterocycles. The molecule has 0 saturated heterocycles. The van der Waals surface area contributed by atoms with Gasteiger partial charge in [-0.15, -0.1) is 0 Å². The first kappa shape index (κ1) is 12.5. The Kier molecular flexibility index (Phi) is 3.42. The molecule has 0 aliphatic carbocycles. The molecule has 4 heteroatoms. The summed E-state index contributed by atoms with van der Waals surface area (Å²) >= 11 is 2.22. The van der Waals surface area contributed by atoms with E-state index in [0.717, 1.165) is 27.9 Å². The summed E-state index contributed by atoms with van der Waals surface area (Å²) in [7, 11) is 0. The molecule has 0 fully saturated rings. The molecule has 1 amide bonds. The molecule has 0 bridgehead atoms. The van der Waals surface area contributed by atoms with Crippen LogP contribution in [0.5, 0.6) is 0 Å². The molecule has 0 aromatic heterocycles. The lowest BCUT2D eigenvalue weighted by Gasteiger charge is -2.08. The highest BCUT2D eigenvalue weighted by Gasteiger charge is 2.14. The van der Waals surface area contributed by atoms with Gasteiger partial charge in [0.2, 0.25) is 0 Å². The maximum atomic E-state index is 12.2. The van der Waals surface area contributed by atoms with Gasteiger partial charge in [0.05, 0.1) is 5.69 Å². The summed E-state index contributed by atoms with van der Waals surface area (Å²) in [5.74, 6) is -0.0567. The minimum Gasteiger partial charge on any atom is -0.384 e. The van der Waals surface area contributed by atoms with Gasteiger partial charge in [-0.05, 0) is 64.9 Å². The van der Waals surface area contributed by atoms with Crippen molar-refractivity contribution in [3.8, 4) is 0 Å². The van der Waals surface area contributed by atoms with E-state index in [0.29, 0.717) is 5.56 Å². The molecular weight excluding hydrogens is 351 g/mol. The zero-order valence-electron chi connectivity index (χ0n) is 10.2. The molecule has 0 radical (unpaired) electrons. The van der Waals surface area contributed by atoms with Gasteiger partial charge < -0.3 is 10.6 Å². The largest absolute Gasteiger partial charge is 0.384 e. The summed E-state index contributed by atoms with van der Waals surface area (Å²) in [4.78, 5) is 12.2. The van der Waals surface area contributed by atoms with E-state index in [4.69, 9.17) is 0 Å². The van der Waals surface area contributed by atoms with E-state index in [9.17, 15) is 4.79 Å². The van der Waals surface area contributed by atoms with E-state index in [1.165, 1.54) is 5.56 Å². The van der Waals surface area contributed by atoms with Gasteiger partial charge in [0.25, 0.3) is 5.91 Å². The predicted molar refractivity (Wildman–Crippen MR) is 85.7 cm³/mol. The van der Waals surface area contributed by atoms with E-state index in [2.05, 4.69) is 33.2 Å². The van der Waals surface area contributed by atoms with Gasteiger partial charge in [0.15, 0.2) is 0 Å². The quantitative estimate of drug-likeness (QED) is 0.801. The molecule has 19 heavy (non-hydrogen) atoms. The van der Waals surface area contributed by atoms with Gasteiger partial charge in [0, 0.05) is 21.4 Å². The van der Waals surface area contributed by atoms with Crippen molar-refractivity contribution >= 4 is 39.9 Å². The molecular formula is C15H13IN2O. The Hall–Kier alpha value is -1.56. The molecule has 1 aliphatic rings. The van der Waals surface area contributed by atoms with Crippen LogP contribution in [0.15, 0.2) is 42.5 Å². The number of anilines is 2. The molecule has 1 heterocycles. The molecule has 0 saturated carbocycles. The maximum absolute atomic E-state index is 12.2. The first-order valence-corrected chi connectivity index (χ1v) is 7.24. The number of hydrogen-bond acceptors (Lipinski definition) is 2. The van der Waals surface area contributed by atoms with Gasteiger partial charge in [-0.2, -0.15) is 0 Å². The lowest BCUT2D eigenvalue weighted by Crippen LogP contribution is -2.12. The van der Waals surface area contributed by atoms with Crippen molar-refractivity contribution in [3.63, 3.8) is 0 Å². The number of fused-ring (bicyclic) bond motifs is 1. The fourth-order valence-electron chi connectivity index (χ4n) is 2.20. The number of carbonyl (C=O) groups is 1. The monoisotopic (exact) mass is 364 g/mol. The van der Waals surface area contributed by atoms with E-state index >= 15 is 0 Å². The summed E-state index contributed by atoms with van der Waals surface area (Å²) in [6, 6.07) is 13.6. The Balaban J connectivity index is 1.83. The van der Waals surface area contributed by atoms with Crippen LogP contribution < -0.4 is 10.6 Å². The number of para-hydroxylation sites is 1. The van der Waals surface area contributed by atoms with Crippen molar-refractivity contribution in [2.45, 2.75) is 6.42 Å². The molecule has 2 aromatic rings. The Morgan fingerprint density at radius 3 is 2.89 bits per heavy atom. The van der Waals surface area contributed by atoms with Crippen LogP contribution in [-0.2, 0) is 6.42 Å². The molecule has 2 aromatic carbocycles. The van der Waals surface area contributed by atoms with Crippen molar-refractivity contribution in [1.29, 1.82) is 0 Å². The highest BCUT2D eigenvalue weighted by Crippen LogP contribution is 2.24. The fourth-order valence-corrected chi connectivity index (χ4v) is 2.73. The van der Waals surface area contributed by atoms with Crippen molar-refractivity contribution in [2.75, 3.05) is 17.2 Å². The molecule has 3 nitrogen and oxygen atoms in total. The summed E-state index contributed by atoms with van der Waals surface area (Å²) in [5, 5.41) is 6.24. The first-order chi connectivity index (χ1) is 9.24. The van der Waals surface area contributed by atoms with Crippen molar-refractivity contribution in [3.05, 3.63) is 57.2 Å². The SMILES string of the molecule is O=C(Nc1ccccc1I)c1ccc2c(c1)CCN2. The van der Waals surface area contributed by atoms with Crippen LogP contribution in [0.4, 0.5) is 11.4 Å². The van der Waals surface area contributed by atoms with Crippen molar-refractivity contribution in [1.82, 2.24) is 0 Å². The summed E-state index contributed by atoms with van der Waals surface area (Å²) in [6.45, 7) is 0.955. The van der Waals surface area contributed by atoms with E-state index < -0.39 is 0 Å². The van der Waals surface area contributed by atoms with Crippen LogP contribution in [0.2, 0.25) is 0 Å². The van der Waals surface area contributed by atoms with E-state index in [1.807, 2.05) is 42.5 Å². The second kappa shape index (κ2) is 5.21. The van der Waals surface area contributed by atoms with Crippen LogP contribution in [0.25, 0.3) is 0 Å². The minimum atomic E-state index is -0.0567. The number of hydrogen-bond donors (Lipinski definition) is 2. The zero-order valence-corrected chi connectivity index (χ0v) is 12.4. The smallest absolute Gasteiger partial charge is 0.255 e. The molecule has 0 unspecified atom stereocenters. The second-order valence-corrected chi connectivity index (χ2v) is 5.64. The van der Waals surface area contributed by atoms with Crippen molar-refractivity contribution < 1.29 is 4.79 Å². The fraction of sp³-hybridized carbons (Fsp3) is 0.133. The number of rotatable bonds is 2.